The Balaban J connectivity index is 1.57. The lowest BCUT2D eigenvalue weighted by Gasteiger charge is -2.33. The molecule has 0 bridgehead atoms. The molecule has 1 aliphatic heterocycles. The fourth-order valence-corrected chi connectivity index (χ4v) is 3.26. The molecule has 1 atom stereocenters. The number of aryl methyl sites for hydroxylation is 1. The lowest BCUT2D eigenvalue weighted by molar-refractivity contribution is 0.106. The average molecular weight is 306 g/mol. The maximum atomic E-state index is 12.6. The van der Waals surface area contributed by atoms with Crippen LogP contribution in [0.4, 0.5) is 4.79 Å². The lowest BCUT2D eigenvalue weighted by atomic mass is 9.98. The van der Waals surface area contributed by atoms with E-state index in [2.05, 4.69) is 10.3 Å². The van der Waals surface area contributed by atoms with E-state index < -0.39 is 0 Å². The fourth-order valence-electron chi connectivity index (χ4n) is 3.26. The van der Waals surface area contributed by atoms with Crippen molar-refractivity contribution in [1.82, 2.24) is 19.8 Å². The van der Waals surface area contributed by atoms with Gasteiger partial charge in [0.2, 0.25) is 0 Å². The van der Waals surface area contributed by atoms with Crippen LogP contribution in [-0.2, 0) is 11.8 Å². The highest BCUT2D eigenvalue weighted by Gasteiger charge is 2.36. The summed E-state index contributed by atoms with van der Waals surface area (Å²) in [6.45, 7) is 2.43. The minimum atomic E-state index is 0.0456. The van der Waals surface area contributed by atoms with Gasteiger partial charge in [0.15, 0.2) is 0 Å². The van der Waals surface area contributed by atoms with E-state index in [4.69, 9.17) is 4.74 Å². The van der Waals surface area contributed by atoms with E-state index in [9.17, 15) is 4.79 Å². The van der Waals surface area contributed by atoms with Crippen molar-refractivity contribution in [2.24, 2.45) is 18.9 Å². The summed E-state index contributed by atoms with van der Waals surface area (Å²) in [5.74, 6) is 2.09. The number of urea groups is 1. The highest BCUT2D eigenvalue weighted by molar-refractivity contribution is 5.74. The Morgan fingerprint density at radius 2 is 2.14 bits per heavy atom. The van der Waals surface area contributed by atoms with Crippen molar-refractivity contribution >= 4 is 6.03 Å². The Hall–Kier alpha value is -1.56. The number of hydrogen-bond acceptors (Lipinski definition) is 3. The van der Waals surface area contributed by atoms with Crippen LogP contribution in [0.2, 0.25) is 0 Å². The van der Waals surface area contributed by atoms with Gasteiger partial charge in [-0.3, -0.25) is 0 Å². The van der Waals surface area contributed by atoms with E-state index >= 15 is 0 Å². The maximum absolute atomic E-state index is 12.6. The van der Waals surface area contributed by atoms with Gasteiger partial charge in [-0.15, -0.1) is 0 Å². The summed E-state index contributed by atoms with van der Waals surface area (Å²) in [5.41, 5.74) is 0. The molecule has 0 spiro atoms. The molecular weight excluding hydrogens is 280 g/mol. The minimum absolute atomic E-state index is 0.0456. The molecule has 2 aliphatic rings. The van der Waals surface area contributed by atoms with E-state index in [1.165, 1.54) is 12.8 Å². The van der Waals surface area contributed by atoms with E-state index in [1.807, 2.05) is 22.7 Å². The predicted molar refractivity (Wildman–Crippen MR) is 83.4 cm³/mol. The van der Waals surface area contributed by atoms with Crippen LogP contribution in [0.25, 0.3) is 0 Å². The maximum Gasteiger partial charge on any atom is 0.317 e. The van der Waals surface area contributed by atoms with Gasteiger partial charge in [0.25, 0.3) is 0 Å². The lowest BCUT2D eigenvalue weighted by Crippen LogP contribution is -2.46. The van der Waals surface area contributed by atoms with E-state index in [0.29, 0.717) is 11.8 Å². The summed E-state index contributed by atoms with van der Waals surface area (Å²) in [6, 6.07) is 0.0972. The van der Waals surface area contributed by atoms with Crippen LogP contribution >= 0.6 is 0 Å². The van der Waals surface area contributed by atoms with Crippen molar-refractivity contribution < 1.29 is 9.53 Å². The number of likely N-dealkylation sites (tertiary alicyclic amines) is 1. The van der Waals surface area contributed by atoms with Gasteiger partial charge in [0.05, 0.1) is 6.04 Å². The number of nitrogens with zero attached hydrogens (tertiary/aromatic N) is 3. The smallest absolute Gasteiger partial charge is 0.317 e. The molecule has 1 saturated heterocycles. The zero-order valence-corrected chi connectivity index (χ0v) is 13.5. The predicted octanol–water partition coefficient (Wildman–Crippen LogP) is 1.94. The number of piperidine rings is 1. The molecule has 22 heavy (non-hydrogen) atoms. The first-order valence-electron chi connectivity index (χ1n) is 8.20. The summed E-state index contributed by atoms with van der Waals surface area (Å²) < 4.78 is 7.22. The number of amides is 2. The standard InChI is InChI=1S/C16H26N4O2/c1-19-10-7-17-15(19)14(13-3-4-13)18-16(21)20-8-5-12(6-9-20)11-22-2/h7,10,12-14H,3-6,8-9,11H2,1-2H3,(H,18,21). The molecule has 3 rings (SSSR count). The number of ether oxygens (including phenoxy) is 1. The quantitative estimate of drug-likeness (QED) is 0.904. The van der Waals surface area contributed by atoms with E-state index in [1.54, 1.807) is 13.3 Å². The zero-order valence-electron chi connectivity index (χ0n) is 13.5. The Bertz CT molecular complexity index is 504. The number of hydrogen-bond donors (Lipinski definition) is 1. The van der Waals surface area contributed by atoms with Gasteiger partial charge in [-0.2, -0.15) is 0 Å². The number of imidazole rings is 1. The first-order valence-corrected chi connectivity index (χ1v) is 8.20. The first-order chi connectivity index (χ1) is 10.7. The van der Waals surface area contributed by atoms with Crippen LogP contribution in [0.1, 0.15) is 37.5 Å². The number of aromatic nitrogens is 2. The summed E-state index contributed by atoms with van der Waals surface area (Å²) in [5, 5.41) is 3.21. The van der Waals surface area contributed by atoms with Gasteiger partial charge < -0.3 is 19.5 Å². The van der Waals surface area contributed by atoms with E-state index in [0.717, 1.165) is 38.4 Å². The third kappa shape index (κ3) is 3.43. The largest absolute Gasteiger partial charge is 0.384 e. The second kappa shape index (κ2) is 6.69. The summed E-state index contributed by atoms with van der Waals surface area (Å²) >= 11 is 0. The van der Waals surface area contributed by atoms with Gasteiger partial charge in [-0.05, 0) is 37.5 Å². The molecule has 6 heteroatoms. The number of rotatable bonds is 5. The Labute approximate surface area is 131 Å². The van der Waals surface area contributed by atoms with Crippen LogP contribution in [0, 0.1) is 11.8 Å². The molecule has 6 nitrogen and oxygen atoms in total. The van der Waals surface area contributed by atoms with Gasteiger partial charge in [-0.25, -0.2) is 9.78 Å². The molecule has 2 heterocycles. The van der Waals surface area contributed by atoms with Crippen molar-refractivity contribution in [3.63, 3.8) is 0 Å². The molecule has 2 fully saturated rings. The van der Waals surface area contributed by atoms with Crippen LogP contribution in [0.3, 0.4) is 0 Å². The van der Waals surface area contributed by atoms with Crippen molar-refractivity contribution in [3.05, 3.63) is 18.2 Å². The molecule has 1 N–H and O–H groups in total. The van der Waals surface area contributed by atoms with Gasteiger partial charge in [-0.1, -0.05) is 0 Å². The minimum Gasteiger partial charge on any atom is -0.384 e. The Morgan fingerprint density at radius 1 is 1.41 bits per heavy atom. The summed E-state index contributed by atoms with van der Waals surface area (Å²) in [6.07, 6.45) is 8.14. The number of methoxy groups -OCH3 is 1. The molecule has 1 unspecified atom stereocenters. The molecular formula is C16H26N4O2. The monoisotopic (exact) mass is 306 g/mol. The molecule has 1 saturated carbocycles. The molecule has 1 aliphatic carbocycles. The molecule has 0 radical (unpaired) electrons. The molecule has 2 amide bonds. The highest BCUT2D eigenvalue weighted by atomic mass is 16.5. The van der Waals surface area contributed by atoms with Gasteiger partial charge >= 0.3 is 6.03 Å². The molecule has 122 valence electrons. The van der Waals surface area contributed by atoms with Crippen LogP contribution in [0.5, 0.6) is 0 Å². The third-order valence-electron chi connectivity index (χ3n) is 4.81. The average Bonchev–Trinajstić information content (AvgIpc) is 3.28. The van der Waals surface area contributed by atoms with E-state index in [-0.39, 0.29) is 12.1 Å². The van der Waals surface area contributed by atoms with Gasteiger partial charge in [0, 0.05) is 46.2 Å². The van der Waals surface area contributed by atoms with Crippen molar-refractivity contribution in [1.29, 1.82) is 0 Å². The number of carbonyl (C=O) groups is 1. The van der Waals surface area contributed by atoms with Crippen LogP contribution in [0.15, 0.2) is 12.4 Å². The Kier molecular flexibility index (Phi) is 4.66. The topological polar surface area (TPSA) is 59.4 Å². The summed E-state index contributed by atoms with van der Waals surface area (Å²) in [7, 11) is 3.73. The number of carbonyl (C=O) groups excluding carboxylic acids is 1. The third-order valence-corrected chi connectivity index (χ3v) is 4.81. The van der Waals surface area contributed by atoms with Crippen LogP contribution in [-0.4, -0.2) is 47.3 Å². The fraction of sp³-hybridized carbons (Fsp3) is 0.750. The second-order valence-corrected chi connectivity index (χ2v) is 6.55. The molecule has 0 aromatic carbocycles. The summed E-state index contributed by atoms with van der Waals surface area (Å²) in [4.78, 5) is 18.9. The van der Waals surface area contributed by atoms with Crippen LogP contribution < -0.4 is 5.32 Å². The van der Waals surface area contributed by atoms with Crippen molar-refractivity contribution in [2.75, 3.05) is 26.8 Å². The molecule has 1 aromatic rings. The second-order valence-electron chi connectivity index (χ2n) is 6.55. The zero-order chi connectivity index (χ0) is 15.5. The van der Waals surface area contributed by atoms with Crippen molar-refractivity contribution in [2.45, 2.75) is 31.7 Å². The van der Waals surface area contributed by atoms with Gasteiger partial charge in [0.1, 0.15) is 5.82 Å². The molecule has 1 aromatic heterocycles. The normalized spacial score (nSPS) is 20.9. The number of nitrogens with one attached hydrogen (secondary N) is 1. The highest BCUT2D eigenvalue weighted by Crippen LogP contribution is 2.40. The SMILES string of the molecule is COCC1CCN(C(=O)NC(c2nccn2C)C2CC2)CC1. The Morgan fingerprint density at radius 3 is 2.68 bits per heavy atom. The van der Waals surface area contributed by atoms with Crippen molar-refractivity contribution in [3.8, 4) is 0 Å². The first kappa shape index (κ1) is 15.3.